The van der Waals surface area contributed by atoms with Crippen LogP contribution in [0.15, 0.2) is 72.0 Å². The summed E-state index contributed by atoms with van der Waals surface area (Å²) in [4.78, 5) is 38.2. The Bertz CT molecular complexity index is 3120. The minimum Gasteiger partial charge on any atom is -0.489 e. The number of piperazine rings is 1. The van der Waals surface area contributed by atoms with Crippen molar-refractivity contribution in [2.24, 2.45) is 0 Å². The lowest BCUT2D eigenvalue weighted by Gasteiger charge is -2.42. The Morgan fingerprint density at radius 1 is 0.985 bits per heavy atom. The van der Waals surface area contributed by atoms with Crippen molar-refractivity contribution in [3.05, 3.63) is 90.1 Å². The van der Waals surface area contributed by atoms with Crippen LogP contribution in [0, 0.1) is 24.0 Å². The summed E-state index contributed by atoms with van der Waals surface area (Å²) in [5.74, 6) is 2.68. The highest BCUT2D eigenvalue weighted by Crippen LogP contribution is 2.43. The molecule has 346 valence electrons. The second-order valence-corrected chi connectivity index (χ2v) is 21.2. The van der Waals surface area contributed by atoms with Crippen LogP contribution in [-0.2, 0) is 14.8 Å². The number of hydrogen-bond donors (Lipinski definition) is 0. The number of ether oxygens (including phenoxy) is 3. The molecule has 15 nitrogen and oxygen atoms in total. The molecular formula is C49H49F2N9O6S. The number of carbonyl (C=O) groups is 1. The first-order chi connectivity index (χ1) is 32.2. The second kappa shape index (κ2) is 16.1. The van der Waals surface area contributed by atoms with Crippen molar-refractivity contribution in [2.75, 3.05) is 37.7 Å². The first kappa shape index (κ1) is 43.1. The highest BCUT2D eigenvalue weighted by molar-refractivity contribution is 7.89. The summed E-state index contributed by atoms with van der Waals surface area (Å²) in [6.45, 7) is 7.92. The molecule has 11 rings (SSSR count). The Hall–Kier alpha value is -6.45. The molecule has 2 bridgehead atoms. The number of rotatable bonds is 10. The number of carbonyl (C=O) groups excluding carboxylic acids is 1. The van der Waals surface area contributed by atoms with Crippen LogP contribution >= 0.6 is 0 Å². The maximum absolute atomic E-state index is 17.4. The molecule has 7 heterocycles. The standard InChI is InChI=1S/C49H49F2N9O6S/c1-5-36-39(50)18-15-29-9-6-12-37(40(29)36)42-41(51)43-38(23-52-42)45(57-24-31-16-17-32(25-57)60(31)47(61)66-48(2,3)4)55-46(54-43)64-27-49-19-8-20-58(49)26-34(22-49)65-33-10-7-11-35(21-33)67(62,63)59-28-53-44(56-59)30-13-14-30/h1,6-7,9-12,15,18,21,23,28,30-32,34H,8,13-14,16-17,19-20,22,24-27H2,2-4H3/t31-,32+,34-,49+/m1/s1. The number of hydrogen-bond acceptors (Lipinski definition) is 13. The Kier molecular flexibility index (Phi) is 10.4. The molecule has 0 radical (unpaired) electrons. The molecule has 5 aliphatic rings. The van der Waals surface area contributed by atoms with Crippen LogP contribution in [0.25, 0.3) is 32.9 Å². The Morgan fingerprint density at radius 3 is 2.54 bits per heavy atom. The second-order valence-electron chi connectivity index (χ2n) is 19.4. The van der Waals surface area contributed by atoms with Crippen molar-refractivity contribution >= 4 is 43.6 Å². The Morgan fingerprint density at radius 2 is 1.78 bits per heavy atom. The molecular weight excluding hydrogens is 881 g/mol. The van der Waals surface area contributed by atoms with Gasteiger partial charge in [-0.3, -0.25) is 14.8 Å². The minimum atomic E-state index is -3.99. The lowest BCUT2D eigenvalue weighted by atomic mass is 9.94. The van der Waals surface area contributed by atoms with E-state index in [4.69, 9.17) is 30.6 Å². The summed E-state index contributed by atoms with van der Waals surface area (Å²) >= 11 is 0. The van der Waals surface area contributed by atoms with E-state index in [-0.39, 0.29) is 64.5 Å². The molecule has 5 fully saturated rings. The summed E-state index contributed by atoms with van der Waals surface area (Å²) < 4.78 is 79.4. The molecule has 0 unspecified atom stereocenters. The molecule has 4 saturated heterocycles. The van der Waals surface area contributed by atoms with E-state index < -0.39 is 32.8 Å². The Balaban J connectivity index is 0.902. The summed E-state index contributed by atoms with van der Waals surface area (Å²) in [6.07, 6.45) is 13.7. The van der Waals surface area contributed by atoms with E-state index in [1.807, 2.05) is 30.6 Å². The number of amides is 1. The van der Waals surface area contributed by atoms with Gasteiger partial charge < -0.3 is 19.1 Å². The molecule has 1 aliphatic carbocycles. The van der Waals surface area contributed by atoms with Gasteiger partial charge in [-0.2, -0.15) is 18.4 Å². The number of nitrogens with zero attached hydrogens (tertiary/aromatic N) is 9. The monoisotopic (exact) mass is 929 g/mol. The topological polar surface area (TPSA) is 158 Å². The molecule has 6 aromatic rings. The van der Waals surface area contributed by atoms with Crippen LogP contribution in [0.5, 0.6) is 11.8 Å². The third-order valence-corrected chi connectivity index (χ3v) is 15.3. The average Bonchev–Trinajstić information content (AvgIpc) is 3.58. The van der Waals surface area contributed by atoms with Crippen LogP contribution in [0.1, 0.15) is 83.0 Å². The Labute approximate surface area is 386 Å². The number of benzene rings is 3. The van der Waals surface area contributed by atoms with Gasteiger partial charge >= 0.3 is 12.1 Å². The molecule has 1 amide bonds. The number of fused-ring (bicyclic) bond motifs is 5. The zero-order valence-corrected chi connectivity index (χ0v) is 38.2. The zero-order valence-electron chi connectivity index (χ0n) is 37.4. The largest absolute Gasteiger partial charge is 0.489 e. The van der Waals surface area contributed by atoms with E-state index >= 15 is 8.78 Å². The molecule has 4 aliphatic heterocycles. The number of aromatic nitrogens is 6. The van der Waals surface area contributed by atoms with Gasteiger partial charge in [-0.15, -0.1) is 15.6 Å². The van der Waals surface area contributed by atoms with Crippen LogP contribution < -0.4 is 14.4 Å². The highest BCUT2D eigenvalue weighted by Gasteiger charge is 2.50. The smallest absolute Gasteiger partial charge is 0.410 e. The fourth-order valence-electron chi connectivity index (χ4n) is 10.6. The van der Waals surface area contributed by atoms with E-state index in [9.17, 15) is 13.2 Å². The van der Waals surface area contributed by atoms with Gasteiger partial charge in [-0.1, -0.05) is 36.3 Å². The SMILES string of the molecule is C#Cc1c(F)ccc2cccc(-c3ncc4c(N5C[C@H]6CC[C@@H](C5)N6C(=O)OC(C)(C)C)nc(OC[C@@]56CCCN5C[C@H](Oc5cccc(S(=O)(=O)n7cnc(C8CC8)n7)c5)C6)nc4c3F)c12. The first-order valence-electron chi connectivity index (χ1n) is 22.8. The molecule has 67 heavy (non-hydrogen) atoms. The lowest BCUT2D eigenvalue weighted by molar-refractivity contribution is 0.0122. The summed E-state index contributed by atoms with van der Waals surface area (Å²) in [5.41, 5.74) is -0.883. The predicted molar refractivity (Wildman–Crippen MR) is 244 cm³/mol. The lowest BCUT2D eigenvalue weighted by Crippen LogP contribution is -2.57. The van der Waals surface area contributed by atoms with Crippen molar-refractivity contribution < 1.29 is 36.2 Å². The molecule has 3 aromatic carbocycles. The highest BCUT2D eigenvalue weighted by atomic mass is 32.2. The van der Waals surface area contributed by atoms with Gasteiger partial charge in [0.05, 0.1) is 33.5 Å². The van der Waals surface area contributed by atoms with E-state index in [1.165, 1.54) is 30.7 Å². The van der Waals surface area contributed by atoms with E-state index in [1.54, 1.807) is 36.4 Å². The third kappa shape index (κ3) is 7.75. The predicted octanol–water partition coefficient (Wildman–Crippen LogP) is 7.46. The summed E-state index contributed by atoms with van der Waals surface area (Å²) in [7, 11) is -3.99. The minimum absolute atomic E-state index is 0.00566. The zero-order chi connectivity index (χ0) is 46.4. The van der Waals surface area contributed by atoms with Crippen molar-refractivity contribution in [1.29, 1.82) is 0 Å². The van der Waals surface area contributed by atoms with Crippen LogP contribution in [-0.4, -0.2) is 116 Å². The van der Waals surface area contributed by atoms with Gasteiger partial charge in [0.25, 0.3) is 10.0 Å². The number of terminal acetylenes is 1. The van der Waals surface area contributed by atoms with Gasteiger partial charge in [0.2, 0.25) is 0 Å². The third-order valence-electron chi connectivity index (χ3n) is 13.8. The van der Waals surface area contributed by atoms with Crippen LogP contribution in [0.4, 0.5) is 19.4 Å². The van der Waals surface area contributed by atoms with Crippen molar-refractivity contribution in [2.45, 2.75) is 106 Å². The van der Waals surface area contributed by atoms with Crippen molar-refractivity contribution in [3.63, 3.8) is 0 Å². The van der Waals surface area contributed by atoms with Gasteiger partial charge in [0, 0.05) is 55.2 Å². The summed E-state index contributed by atoms with van der Waals surface area (Å²) in [5, 5.41) is 5.60. The molecule has 18 heteroatoms. The molecule has 0 spiro atoms. The maximum Gasteiger partial charge on any atom is 0.410 e. The average molecular weight is 930 g/mol. The number of pyridine rings is 1. The van der Waals surface area contributed by atoms with Crippen LogP contribution in [0.3, 0.4) is 0 Å². The quantitative estimate of drug-likeness (QED) is 0.125. The van der Waals surface area contributed by atoms with E-state index in [0.29, 0.717) is 65.2 Å². The molecule has 3 aromatic heterocycles. The number of halogens is 2. The number of anilines is 1. The molecule has 0 N–H and O–H groups in total. The molecule has 1 saturated carbocycles. The van der Waals surface area contributed by atoms with Gasteiger partial charge in [0.1, 0.15) is 53.2 Å². The van der Waals surface area contributed by atoms with E-state index in [0.717, 1.165) is 49.2 Å². The fourth-order valence-corrected chi connectivity index (χ4v) is 11.6. The first-order valence-corrected chi connectivity index (χ1v) is 24.2. The normalized spacial score (nSPS) is 22.9. The maximum atomic E-state index is 17.4. The molecule has 4 atom stereocenters. The van der Waals surface area contributed by atoms with Gasteiger partial charge in [0.15, 0.2) is 11.6 Å². The van der Waals surface area contributed by atoms with E-state index in [2.05, 4.69) is 25.9 Å². The van der Waals surface area contributed by atoms with Crippen molar-refractivity contribution in [1.82, 2.24) is 38.9 Å². The summed E-state index contributed by atoms with van der Waals surface area (Å²) in [6, 6.07) is 14.1. The van der Waals surface area contributed by atoms with Crippen LogP contribution in [0.2, 0.25) is 0 Å². The fraction of sp³-hybridized carbons (Fsp3) is 0.429. The van der Waals surface area contributed by atoms with Gasteiger partial charge in [-0.05, 0) is 89.4 Å². The van der Waals surface area contributed by atoms with Crippen molar-refractivity contribution in [3.8, 4) is 35.4 Å². The van der Waals surface area contributed by atoms with Gasteiger partial charge in [-0.25, -0.2) is 18.6 Å².